The van der Waals surface area contributed by atoms with Crippen molar-refractivity contribution in [1.29, 1.82) is 0 Å². The molecule has 1 aliphatic carbocycles. The lowest BCUT2D eigenvalue weighted by Gasteiger charge is -2.30. The number of nitrogens with zero attached hydrogens (tertiary/aromatic N) is 1. The molecule has 0 aromatic carbocycles. The quantitative estimate of drug-likeness (QED) is 0.644. The molecule has 1 saturated carbocycles. The molecule has 132 valence electrons. The van der Waals surface area contributed by atoms with E-state index in [1.54, 1.807) is 6.92 Å². The van der Waals surface area contributed by atoms with Gasteiger partial charge in [0.1, 0.15) is 10.4 Å². The molecule has 2 rings (SSSR count). The highest BCUT2D eigenvalue weighted by Crippen LogP contribution is 2.29. The Kier molecular flexibility index (Phi) is 6.30. The molecule has 1 aromatic rings. The van der Waals surface area contributed by atoms with Gasteiger partial charge in [-0.05, 0) is 19.8 Å². The van der Waals surface area contributed by atoms with Crippen molar-refractivity contribution >= 4 is 29.2 Å². The molecular weight excluding hydrogens is 332 g/mol. The number of rotatable bonds is 5. The van der Waals surface area contributed by atoms with Crippen LogP contribution in [0.3, 0.4) is 0 Å². The molecule has 8 heteroatoms. The van der Waals surface area contributed by atoms with Gasteiger partial charge in [-0.3, -0.25) is 4.79 Å². The van der Waals surface area contributed by atoms with Gasteiger partial charge in [-0.2, -0.15) is 0 Å². The number of carbonyl (C=O) groups excluding carboxylic acids is 3. The molecule has 1 fully saturated rings. The molecule has 1 amide bonds. The minimum Gasteiger partial charge on any atom is -0.467 e. The van der Waals surface area contributed by atoms with E-state index in [0.29, 0.717) is 12.8 Å². The van der Waals surface area contributed by atoms with Gasteiger partial charge in [-0.1, -0.05) is 25.7 Å². The maximum atomic E-state index is 12.5. The lowest BCUT2D eigenvalue weighted by Crippen LogP contribution is -2.54. The Morgan fingerprint density at radius 1 is 1.25 bits per heavy atom. The third-order valence-electron chi connectivity index (χ3n) is 4.07. The summed E-state index contributed by atoms with van der Waals surface area (Å²) >= 11 is 0.951. The largest absolute Gasteiger partial charge is 0.467 e. The minimum absolute atomic E-state index is 0.120. The van der Waals surface area contributed by atoms with E-state index < -0.39 is 23.4 Å². The zero-order valence-electron chi connectivity index (χ0n) is 13.9. The topological polar surface area (TPSA) is 94.6 Å². The summed E-state index contributed by atoms with van der Waals surface area (Å²) in [6.45, 7) is 1.94. The van der Waals surface area contributed by atoms with E-state index in [1.165, 1.54) is 13.3 Å². The van der Waals surface area contributed by atoms with Crippen molar-refractivity contribution in [2.75, 3.05) is 13.7 Å². The number of methoxy groups -OCH3 is 1. The number of thiazole rings is 1. The molecule has 24 heavy (non-hydrogen) atoms. The van der Waals surface area contributed by atoms with E-state index in [4.69, 9.17) is 9.47 Å². The third kappa shape index (κ3) is 4.11. The SMILES string of the molecule is CCOC(=O)c1ncc(C(=O)NC2(C(=O)OC)CCCCCC2)s1. The second-order valence-electron chi connectivity index (χ2n) is 5.69. The van der Waals surface area contributed by atoms with Gasteiger partial charge in [0.25, 0.3) is 5.91 Å². The summed E-state index contributed by atoms with van der Waals surface area (Å²) in [6, 6.07) is 0. The fourth-order valence-electron chi connectivity index (χ4n) is 2.85. The number of hydrogen-bond donors (Lipinski definition) is 1. The lowest BCUT2D eigenvalue weighted by molar-refractivity contribution is -0.148. The fourth-order valence-corrected chi connectivity index (χ4v) is 3.56. The summed E-state index contributed by atoms with van der Waals surface area (Å²) in [5.41, 5.74) is -1.00. The van der Waals surface area contributed by atoms with E-state index in [1.807, 2.05) is 0 Å². The molecule has 7 nitrogen and oxygen atoms in total. The van der Waals surface area contributed by atoms with Gasteiger partial charge in [0.05, 0.1) is 19.9 Å². The number of carbonyl (C=O) groups is 3. The van der Waals surface area contributed by atoms with E-state index in [2.05, 4.69) is 10.3 Å². The first-order valence-electron chi connectivity index (χ1n) is 8.06. The van der Waals surface area contributed by atoms with Crippen molar-refractivity contribution in [3.05, 3.63) is 16.1 Å². The van der Waals surface area contributed by atoms with E-state index >= 15 is 0 Å². The number of esters is 2. The average Bonchev–Trinajstić information content (AvgIpc) is 2.96. The van der Waals surface area contributed by atoms with E-state index in [0.717, 1.165) is 37.0 Å². The predicted octanol–water partition coefficient (Wildman–Crippen LogP) is 2.32. The Labute approximate surface area is 144 Å². The zero-order chi connectivity index (χ0) is 17.6. The molecule has 0 unspecified atom stereocenters. The van der Waals surface area contributed by atoms with Crippen molar-refractivity contribution in [1.82, 2.24) is 10.3 Å². The maximum Gasteiger partial charge on any atom is 0.367 e. The number of amides is 1. The average molecular weight is 354 g/mol. The predicted molar refractivity (Wildman–Crippen MR) is 88.0 cm³/mol. The van der Waals surface area contributed by atoms with Gasteiger partial charge in [-0.15, -0.1) is 11.3 Å². The van der Waals surface area contributed by atoms with E-state index in [-0.39, 0.29) is 16.5 Å². The Balaban J connectivity index is 2.15. The summed E-state index contributed by atoms with van der Waals surface area (Å²) in [5.74, 6) is -1.40. The van der Waals surface area contributed by atoms with Crippen LogP contribution >= 0.6 is 11.3 Å². The van der Waals surface area contributed by atoms with Crippen LogP contribution in [0.25, 0.3) is 0 Å². The van der Waals surface area contributed by atoms with Crippen LogP contribution < -0.4 is 5.32 Å². The Morgan fingerprint density at radius 3 is 2.50 bits per heavy atom. The molecular formula is C16H22N2O5S. The molecule has 1 aromatic heterocycles. The van der Waals surface area contributed by atoms with Gasteiger partial charge in [0.2, 0.25) is 5.01 Å². The fraction of sp³-hybridized carbons (Fsp3) is 0.625. The number of nitrogens with one attached hydrogen (secondary N) is 1. The van der Waals surface area contributed by atoms with Crippen LogP contribution in [0.2, 0.25) is 0 Å². The Bertz CT molecular complexity index is 605. The first-order chi connectivity index (χ1) is 11.5. The van der Waals surface area contributed by atoms with Crippen molar-refractivity contribution < 1.29 is 23.9 Å². The van der Waals surface area contributed by atoms with Crippen LogP contribution in [0.5, 0.6) is 0 Å². The summed E-state index contributed by atoms with van der Waals surface area (Å²) in [6.07, 6.45) is 6.19. The highest BCUT2D eigenvalue weighted by atomic mass is 32.1. The molecule has 0 spiro atoms. The van der Waals surface area contributed by atoms with Crippen molar-refractivity contribution in [3.63, 3.8) is 0 Å². The van der Waals surface area contributed by atoms with Gasteiger partial charge in [0, 0.05) is 0 Å². The second kappa shape index (κ2) is 8.23. The van der Waals surface area contributed by atoms with Crippen LogP contribution in [0.15, 0.2) is 6.20 Å². The molecule has 0 radical (unpaired) electrons. The zero-order valence-corrected chi connectivity index (χ0v) is 14.7. The second-order valence-corrected chi connectivity index (χ2v) is 6.72. The van der Waals surface area contributed by atoms with Crippen LogP contribution in [0.4, 0.5) is 0 Å². The number of ether oxygens (including phenoxy) is 2. The summed E-state index contributed by atoms with van der Waals surface area (Å²) < 4.78 is 9.79. The van der Waals surface area contributed by atoms with Crippen molar-refractivity contribution in [2.24, 2.45) is 0 Å². The summed E-state index contributed by atoms with van der Waals surface area (Å²) in [7, 11) is 1.33. The molecule has 0 saturated heterocycles. The standard InChI is InChI=1S/C16H22N2O5S/c1-3-23-14(20)13-17-10-11(24-13)12(19)18-16(15(21)22-2)8-6-4-5-7-9-16/h10H,3-9H2,1-2H3,(H,18,19). The molecule has 0 bridgehead atoms. The minimum atomic E-state index is -1.00. The Hall–Kier alpha value is -1.96. The van der Waals surface area contributed by atoms with Crippen molar-refractivity contribution in [3.8, 4) is 0 Å². The van der Waals surface area contributed by atoms with E-state index in [9.17, 15) is 14.4 Å². The molecule has 1 N–H and O–H groups in total. The monoisotopic (exact) mass is 354 g/mol. The molecule has 1 heterocycles. The van der Waals surface area contributed by atoms with Gasteiger partial charge in [0.15, 0.2) is 0 Å². The first-order valence-corrected chi connectivity index (χ1v) is 8.88. The van der Waals surface area contributed by atoms with Gasteiger partial charge >= 0.3 is 11.9 Å². The number of aromatic nitrogens is 1. The third-order valence-corrected chi connectivity index (χ3v) is 5.04. The number of hydrogen-bond acceptors (Lipinski definition) is 7. The maximum absolute atomic E-state index is 12.5. The van der Waals surface area contributed by atoms with Gasteiger partial charge < -0.3 is 14.8 Å². The van der Waals surface area contributed by atoms with Crippen LogP contribution in [-0.2, 0) is 14.3 Å². The lowest BCUT2D eigenvalue weighted by atomic mass is 9.90. The van der Waals surface area contributed by atoms with Crippen LogP contribution in [0.1, 0.15) is 64.9 Å². The normalized spacial score (nSPS) is 16.8. The van der Waals surface area contributed by atoms with Crippen molar-refractivity contribution in [2.45, 2.75) is 51.0 Å². The molecule has 1 aliphatic rings. The summed E-state index contributed by atoms with van der Waals surface area (Å²) in [5, 5.41) is 2.95. The summed E-state index contributed by atoms with van der Waals surface area (Å²) in [4.78, 5) is 40.7. The molecule has 0 atom stereocenters. The first kappa shape index (κ1) is 18.4. The van der Waals surface area contributed by atoms with Crippen LogP contribution in [0, 0.1) is 0 Å². The Morgan fingerprint density at radius 2 is 1.92 bits per heavy atom. The highest BCUT2D eigenvalue weighted by Gasteiger charge is 2.41. The molecule has 0 aliphatic heterocycles. The smallest absolute Gasteiger partial charge is 0.367 e. The van der Waals surface area contributed by atoms with Gasteiger partial charge in [-0.25, -0.2) is 14.6 Å². The highest BCUT2D eigenvalue weighted by molar-refractivity contribution is 7.15. The van der Waals surface area contributed by atoms with Crippen LogP contribution in [-0.4, -0.2) is 42.1 Å².